The van der Waals surface area contributed by atoms with Crippen LogP contribution in [0.3, 0.4) is 0 Å². The second kappa shape index (κ2) is 6.12. The van der Waals surface area contributed by atoms with Gasteiger partial charge in [0.1, 0.15) is 5.75 Å². The zero-order valence-electron chi connectivity index (χ0n) is 13.2. The number of nitrogens with zero attached hydrogens (tertiary/aromatic N) is 3. The minimum absolute atomic E-state index is 0.0612. The molecule has 1 aromatic rings. The first-order valence-corrected chi connectivity index (χ1v) is 7.71. The summed E-state index contributed by atoms with van der Waals surface area (Å²) in [4.78, 5) is 19.9. The monoisotopic (exact) mass is 305 g/mol. The Morgan fingerprint density at radius 3 is 3.18 bits per heavy atom. The van der Waals surface area contributed by atoms with Crippen LogP contribution < -0.4 is 4.74 Å². The summed E-state index contributed by atoms with van der Waals surface area (Å²) < 4.78 is 11.8. The smallest absolute Gasteiger partial charge is 0.319 e. The average molecular weight is 305 g/mol. The molecule has 0 aliphatic carbocycles. The zero-order chi connectivity index (χ0) is 15.6. The first-order valence-electron chi connectivity index (χ1n) is 7.71. The number of amides is 2. The molecule has 2 atom stereocenters. The Labute approximate surface area is 131 Å². The molecule has 1 aromatic heterocycles. The van der Waals surface area contributed by atoms with Crippen LogP contribution in [0.25, 0.3) is 0 Å². The summed E-state index contributed by atoms with van der Waals surface area (Å²) in [6, 6.07) is 3.82. The van der Waals surface area contributed by atoms with Crippen molar-refractivity contribution in [2.45, 2.75) is 18.9 Å². The highest BCUT2D eigenvalue weighted by Gasteiger charge is 2.49. The van der Waals surface area contributed by atoms with Gasteiger partial charge in [-0.1, -0.05) is 0 Å². The highest BCUT2D eigenvalue weighted by atomic mass is 16.5. The number of hydrogen-bond donors (Lipinski definition) is 0. The lowest BCUT2D eigenvalue weighted by atomic mass is 9.77. The van der Waals surface area contributed by atoms with Crippen LogP contribution in [-0.4, -0.2) is 67.3 Å². The van der Waals surface area contributed by atoms with Crippen molar-refractivity contribution in [1.82, 2.24) is 14.8 Å². The Hall–Kier alpha value is -1.82. The van der Waals surface area contributed by atoms with Crippen molar-refractivity contribution in [2.24, 2.45) is 5.41 Å². The molecule has 0 unspecified atom stereocenters. The van der Waals surface area contributed by atoms with Crippen molar-refractivity contribution < 1.29 is 14.3 Å². The van der Waals surface area contributed by atoms with E-state index < -0.39 is 0 Å². The molecule has 6 nitrogen and oxygen atoms in total. The number of fused-ring (bicyclic) bond motifs is 1. The molecule has 120 valence electrons. The molecule has 2 aliphatic heterocycles. The van der Waals surface area contributed by atoms with E-state index in [0.717, 1.165) is 31.7 Å². The first kappa shape index (κ1) is 15.1. The van der Waals surface area contributed by atoms with Gasteiger partial charge in [-0.15, -0.1) is 0 Å². The minimum atomic E-state index is -0.111. The summed E-state index contributed by atoms with van der Waals surface area (Å²) in [7, 11) is 3.58. The van der Waals surface area contributed by atoms with Crippen LogP contribution in [0.1, 0.15) is 12.8 Å². The summed E-state index contributed by atoms with van der Waals surface area (Å²) in [6.45, 7) is 2.73. The van der Waals surface area contributed by atoms with Gasteiger partial charge < -0.3 is 19.3 Å². The predicted molar refractivity (Wildman–Crippen MR) is 81.8 cm³/mol. The number of urea groups is 1. The number of hydrogen-bond acceptors (Lipinski definition) is 4. The SMILES string of the molecule is CN(C)C(=O)N1CC[C@H]2OCC[C@@]2(COc2cccnc2)C1. The van der Waals surface area contributed by atoms with Crippen LogP contribution in [0.5, 0.6) is 5.75 Å². The summed E-state index contributed by atoms with van der Waals surface area (Å²) in [5.41, 5.74) is -0.111. The summed E-state index contributed by atoms with van der Waals surface area (Å²) >= 11 is 0. The van der Waals surface area contributed by atoms with Crippen molar-refractivity contribution in [3.63, 3.8) is 0 Å². The van der Waals surface area contributed by atoms with Crippen molar-refractivity contribution in [3.8, 4) is 5.75 Å². The van der Waals surface area contributed by atoms with E-state index in [1.165, 1.54) is 0 Å². The van der Waals surface area contributed by atoms with Crippen LogP contribution >= 0.6 is 0 Å². The largest absolute Gasteiger partial charge is 0.491 e. The minimum Gasteiger partial charge on any atom is -0.491 e. The Morgan fingerprint density at radius 2 is 2.45 bits per heavy atom. The van der Waals surface area contributed by atoms with Gasteiger partial charge in [0.05, 0.1) is 24.3 Å². The summed E-state index contributed by atoms with van der Waals surface area (Å²) in [5.74, 6) is 0.763. The van der Waals surface area contributed by atoms with Crippen molar-refractivity contribution >= 4 is 6.03 Å². The number of likely N-dealkylation sites (tertiary alicyclic amines) is 1. The molecule has 0 aromatic carbocycles. The van der Waals surface area contributed by atoms with E-state index in [2.05, 4.69) is 4.98 Å². The van der Waals surface area contributed by atoms with E-state index in [0.29, 0.717) is 13.2 Å². The van der Waals surface area contributed by atoms with Crippen LogP contribution in [0.15, 0.2) is 24.5 Å². The molecule has 0 N–H and O–H groups in total. The molecule has 22 heavy (non-hydrogen) atoms. The molecular weight excluding hydrogens is 282 g/mol. The molecule has 2 fully saturated rings. The van der Waals surface area contributed by atoms with E-state index in [1.54, 1.807) is 31.4 Å². The fourth-order valence-corrected chi connectivity index (χ4v) is 3.36. The fourth-order valence-electron chi connectivity index (χ4n) is 3.36. The highest BCUT2D eigenvalue weighted by Crippen LogP contribution is 2.41. The molecule has 0 saturated carbocycles. The average Bonchev–Trinajstić information content (AvgIpc) is 2.96. The fraction of sp³-hybridized carbons (Fsp3) is 0.625. The van der Waals surface area contributed by atoms with Gasteiger partial charge >= 0.3 is 6.03 Å². The van der Waals surface area contributed by atoms with Crippen LogP contribution in [0, 0.1) is 5.41 Å². The number of pyridine rings is 1. The number of aromatic nitrogens is 1. The van der Waals surface area contributed by atoms with E-state index in [1.807, 2.05) is 17.0 Å². The maximum absolute atomic E-state index is 12.3. The standard InChI is InChI=1S/C16H23N3O3/c1-18(2)15(20)19-8-5-14-16(11-19,6-9-21-14)12-22-13-4-3-7-17-10-13/h3-4,7,10,14H,5-6,8-9,11-12H2,1-2H3/t14-,16+/m1/s1. The van der Waals surface area contributed by atoms with Gasteiger partial charge in [-0.05, 0) is 25.0 Å². The third kappa shape index (κ3) is 2.88. The van der Waals surface area contributed by atoms with Gasteiger partial charge in [0.2, 0.25) is 0 Å². The van der Waals surface area contributed by atoms with Gasteiger partial charge in [-0.25, -0.2) is 4.79 Å². The Bertz CT molecular complexity index is 523. The zero-order valence-corrected chi connectivity index (χ0v) is 13.2. The van der Waals surface area contributed by atoms with Crippen molar-refractivity contribution in [1.29, 1.82) is 0 Å². The molecule has 2 amide bonds. The first-order chi connectivity index (χ1) is 10.6. The Kier molecular flexibility index (Phi) is 4.20. The molecule has 6 heteroatoms. The number of piperidine rings is 1. The normalized spacial score (nSPS) is 27.4. The molecule has 2 aliphatic rings. The molecule has 2 saturated heterocycles. The van der Waals surface area contributed by atoms with Gasteiger partial charge in [-0.2, -0.15) is 0 Å². The second-order valence-electron chi connectivity index (χ2n) is 6.34. The van der Waals surface area contributed by atoms with Crippen molar-refractivity contribution in [3.05, 3.63) is 24.5 Å². The van der Waals surface area contributed by atoms with Gasteiger partial charge in [0.15, 0.2) is 0 Å². The number of carbonyl (C=O) groups excluding carboxylic acids is 1. The maximum atomic E-state index is 12.3. The molecule has 0 radical (unpaired) electrons. The lowest BCUT2D eigenvalue weighted by Gasteiger charge is -2.43. The number of carbonyl (C=O) groups is 1. The van der Waals surface area contributed by atoms with Crippen LogP contribution in [-0.2, 0) is 4.74 Å². The topological polar surface area (TPSA) is 54.9 Å². The van der Waals surface area contributed by atoms with Crippen LogP contribution in [0.2, 0.25) is 0 Å². The van der Waals surface area contributed by atoms with E-state index >= 15 is 0 Å². The predicted octanol–water partition coefficient (Wildman–Crippen LogP) is 1.62. The maximum Gasteiger partial charge on any atom is 0.319 e. The highest BCUT2D eigenvalue weighted by molar-refractivity contribution is 5.74. The lowest BCUT2D eigenvalue weighted by molar-refractivity contribution is -0.0303. The van der Waals surface area contributed by atoms with E-state index in [-0.39, 0.29) is 17.6 Å². The van der Waals surface area contributed by atoms with Crippen molar-refractivity contribution in [2.75, 3.05) is 40.4 Å². The Balaban J connectivity index is 1.71. The molecule has 3 rings (SSSR count). The number of rotatable bonds is 3. The third-order valence-corrected chi connectivity index (χ3v) is 4.58. The van der Waals surface area contributed by atoms with Crippen LogP contribution in [0.4, 0.5) is 4.79 Å². The van der Waals surface area contributed by atoms with E-state index in [9.17, 15) is 4.79 Å². The Morgan fingerprint density at radius 1 is 1.59 bits per heavy atom. The van der Waals surface area contributed by atoms with E-state index in [4.69, 9.17) is 9.47 Å². The quantitative estimate of drug-likeness (QED) is 0.851. The van der Waals surface area contributed by atoms with Gasteiger partial charge in [0.25, 0.3) is 0 Å². The third-order valence-electron chi connectivity index (χ3n) is 4.58. The molecular formula is C16H23N3O3. The lowest BCUT2D eigenvalue weighted by Crippen LogP contribution is -2.55. The molecule has 3 heterocycles. The molecule has 0 bridgehead atoms. The summed E-state index contributed by atoms with van der Waals surface area (Å²) in [5, 5.41) is 0. The second-order valence-corrected chi connectivity index (χ2v) is 6.34. The van der Waals surface area contributed by atoms with Gasteiger partial charge in [-0.3, -0.25) is 4.98 Å². The van der Waals surface area contributed by atoms with Gasteiger partial charge in [0, 0.05) is 40.0 Å². The molecule has 0 spiro atoms. The number of ether oxygens (including phenoxy) is 2. The summed E-state index contributed by atoms with van der Waals surface area (Å²) in [6.07, 6.45) is 5.42.